The zero-order chi connectivity index (χ0) is 13.0. The summed E-state index contributed by atoms with van der Waals surface area (Å²) in [4.78, 5) is 2.02. The van der Waals surface area contributed by atoms with Gasteiger partial charge in [0.25, 0.3) is 0 Å². The van der Waals surface area contributed by atoms with E-state index in [1.165, 1.54) is 5.56 Å². The van der Waals surface area contributed by atoms with Crippen LogP contribution in [0.15, 0.2) is 34.7 Å². The van der Waals surface area contributed by atoms with Crippen molar-refractivity contribution in [2.45, 2.75) is 26.4 Å². The molecule has 0 radical (unpaired) electrons. The third-order valence-corrected chi connectivity index (χ3v) is 2.69. The van der Waals surface area contributed by atoms with Crippen molar-refractivity contribution in [3.05, 3.63) is 41.8 Å². The largest absolute Gasteiger partial charge is 0.406 e. The molecule has 0 saturated heterocycles. The molecular formula is C13H18N4O. The maximum atomic E-state index is 5.71. The summed E-state index contributed by atoms with van der Waals surface area (Å²) in [5, 5.41) is 7.98. The van der Waals surface area contributed by atoms with Crippen molar-refractivity contribution in [1.82, 2.24) is 10.2 Å². The second-order valence-corrected chi connectivity index (χ2v) is 4.21. The highest BCUT2D eigenvalue weighted by Gasteiger charge is 2.15. The molecule has 2 aromatic rings. The third kappa shape index (κ3) is 2.87. The Bertz CT molecular complexity index is 481. The Morgan fingerprint density at radius 2 is 2.00 bits per heavy atom. The van der Waals surface area contributed by atoms with E-state index in [1.54, 1.807) is 0 Å². The van der Waals surface area contributed by atoms with Gasteiger partial charge in [0, 0.05) is 13.1 Å². The predicted molar refractivity (Wildman–Crippen MR) is 70.1 cm³/mol. The highest BCUT2D eigenvalue weighted by atomic mass is 16.4. The molecule has 0 fully saturated rings. The van der Waals surface area contributed by atoms with Crippen LogP contribution in [0.1, 0.15) is 31.3 Å². The Balaban J connectivity index is 2.13. The number of nitrogens with two attached hydrogens (primary N) is 1. The van der Waals surface area contributed by atoms with Crippen LogP contribution in [-0.4, -0.2) is 16.7 Å². The minimum Gasteiger partial charge on any atom is -0.406 e. The van der Waals surface area contributed by atoms with Gasteiger partial charge in [-0.25, -0.2) is 0 Å². The van der Waals surface area contributed by atoms with Gasteiger partial charge in [0.15, 0.2) is 0 Å². The van der Waals surface area contributed by atoms with Gasteiger partial charge >= 0.3 is 6.01 Å². The Kier molecular flexibility index (Phi) is 3.94. The van der Waals surface area contributed by atoms with E-state index in [9.17, 15) is 0 Å². The van der Waals surface area contributed by atoms with Crippen molar-refractivity contribution < 1.29 is 4.42 Å². The molecule has 1 heterocycles. The Hall–Kier alpha value is -1.88. The number of rotatable bonds is 5. The molecule has 0 amide bonds. The van der Waals surface area contributed by atoms with E-state index in [0.29, 0.717) is 11.9 Å². The molecule has 0 aliphatic heterocycles. The van der Waals surface area contributed by atoms with Crippen molar-refractivity contribution >= 4 is 6.01 Å². The van der Waals surface area contributed by atoms with Gasteiger partial charge in [-0.3, -0.25) is 0 Å². The lowest BCUT2D eigenvalue weighted by Crippen LogP contribution is -2.22. The minimum atomic E-state index is -0.235. The molecule has 1 atom stereocenters. The van der Waals surface area contributed by atoms with Crippen molar-refractivity contribution in [3.63, 3.8) is 0 Å². The number of hydrogen-bond donors (Lipinski definition) is 1. The summed E-state index contributed by atoms with van der Waals surface area (Å²) in [6.45, 7) is 5.43. The number of hydrogen-bond acceptors (Lipinski definition) is 5. The van der Waals surface area contributed by atoms with Crippen LogP contribution in [0.3, 0.4) is 0 Å². The maximum absolute atomic E-state index is 5.71. The molecular weight excluding hydrogens is 228 g/mol. The zero-order valence-corrected chi connectivity index (χ0v) is 10.7. The van der Waals surface area contributed by atoms with Gasteiger partial charge in [0.05, 0.1) is 6.04 Å². The molecule has 0 aliphatic rings. The van der Waals surface area contributed by atoms with Gasteiger partial charge in [0.2, 0.25) is 5.89 Å². The average molecular weight is 246 g/mol. The van der Waals surface area contributed by atoms with E-state index in [4.69, 9.17) is 10.2 Å². The predicted octanol–water partition coefficient (Wildman–Crippen LogP) is 2.12. The lowest BCUT2D eigenvalue weighted by atomic mass is 10.2. The Labute approximate surface area is 107 Å². The first-order valence-corrected chi connectivity index (χ1v) is 6.08. The first-order chi connectivity index (χ1) is 8.70. The highest BCUT2D eigenvalue weighted by Crippen LogP contribution is 2.17. The summed E-state index contributed by atoms with van der Waals surface area (Å²) < 4.78 is 5.55. The van der Waals surface area contributed by atoms with E-state index < -0.39 is 0 Å². The molecule has 5 heteroatoms. The molecule has 0 saturated carbocycles. The number of aromatic nitrogens is 2. The average Bonchev–Trinajstić information content (AvgIpc) is 2.87. The summed E-state index contributed by atoms with van der Waals surface area (Å²) in [6.07, 6.45) is 0. The fourth-order valence-corrected chi connectivity index (χ4v) is 1.66. The Morgan fingerprint density at radius 1 is 1.28 bits per heavy atom. The van der Waals surface area contributed by atoms with Crippen LogP contribution < -0.4 is 10.6 Å². The van der Waals surface area contributed by atoms with Crippen LogP contribution in [0.2, 0.25) is 0 Å². The maximum Gasteiger partial charge on any atom is 0.318 e. The summed E-state index contributed by atoms with van der Waals surface area (Å²) in [7, 11) is 0. The van der Waals surface area contributed by atoms with Crippen LogP contribution in [0.4, 0.5) is 6.01 Å². The zero-order valence-electron chi connectivity index (χ0n) is 10.7. The van der Waals surface area contributed by atoms with E-state index in [-0.39, 0.29) is 6.04 Å². The smallest absolute Gasteiger partial charge is 0.318 e. The molecule has 2 rings (SSSR count). The van der Waals surface area contributed by atoms with E-state index in [2.05, 4.69) is 29.3 Å². The van der Waals surface area contributed by atoms with Crippen LogP contribution in [-0.2, 0) is 6.54 Å². The van der Waals surface area contributed by atoms with E-state index in [0.717, 1.165) is 13.1 Å². The summed E-state index contributed by atoms with van der Waals surface area (Å²) >= 11 is 0. The molecule has 2 N–H and O–H groups in total. The topological polar surface area (TPSA) is 68.2 Å². The fraction of sp³-hybridized carbons (Fsp3) is 0.385. The molecule has 96 valence electrons. The summed E-state index contributed by atoms with van der Waals surface area (Å²) in [6, 6.07) is 10.5. The molecule has 1 aromatic heterocycles. The molecule has 1 unspecified atom stereocenters. The van der Waals surface area contributed by atoms with Gasteiger partial charge in [-0.15, -0.1) is 5.10 Å². The molecule has 0 bridgehead atoms. The van der Waals surface area contributed by atoms with Crippen LogP contribution in [0.5, 0.6) is 0 Å². The van der Waals surface area contributed by atoms with Crippen molar-refractivity contribution in [2.75, 3.05) is 11.4 Å². The van der Waals surface area contributed by atoms with Crippen LogP contribution in [0, 0.1) is 0 Å². The van der Waals surface area contributed by atoms with Gasteiger partial charge in [-0.2, -0.15) is 0 Å². The normalized spacial score (nSPS) is 12.4. The highest BCUT2D eigenvalue weighted by molar-refractivity contribution is 5.28. The Morgan fingerprint density at radius 3 is 2.56 bits per heavy atom. The van der Waals surface area contributed by atoms with Gasteiger partial charge in [-0.1, -0.05) is 35.4 Å². The van der Waals surface area contributed by atoms with Gasteiger partial charge in [0.1, 0.15) is 0 Å². The quantitative estimate of drug-likeness (QED) is 0.875. The molecule has 0 aliphatic carbocycles. The lowest BCUT2D eigenvalue weighted by molar-refractivity contribution is 0.456. The third-order valence-electron chi connectivity index (χ3n) is 2.69. The number of nitrogens with zero attached hydrogens (tertiary/aromatic N) is 3. The SMILES string of the molecule is CCN(Cc1ccccc1)c1nnc(C(C)N)o1. The van der Waals surface area contributed by atoms with E-state index >= 15 is 0 Å². The van der Waals surface area contributed by atoms with Crippen molar-refractivity contribution in [2.24, 2.45) is 5.73 Å². The molecule has 18 heavy (non-hydrogen) atoms. The second-order valence-electron chi connectivity index (χ2n) is 4.21. The molecule has 0 spiro atoms. The lowest BCUT2D eigenvalue weighted by Gasteiger charge is -2.17. The fourth-order valence-electron chi connectivity index (χ4n) is 1.66. The van der Waals surface area contributed by atoms with E-state index in [1.807, 2.05) is 30.0 Å². The van der Waals surface area contributed by atoms with Crippen LogP contribution in [0.25, 0.3) is 0 Å². The van der Waals surface area contributed by atoms with Crippen LogP contribution >= 0.6 is 0 Å². The first kappa shape index (κ1) is 12.6. The van der Waals surface area contributed by atoms with Crippen molar-refractivity contribution in [3.8, 4) is 0 Å². The minimum absolute atomic E-state index is 0.235. The van der Waals surface area contributed by atoms with Gasteiger partial charge in [-0.05, 0) is 19.4 Å². The summed E-state index contributed by atoms with van der Waals surface area (Å²) in [5.41, 5.74) is 6.91. The standard InChI is InChI=1S/C13H18N4O/c1-3-17(9-11-7-5-4-6-8-11)13-16-15-12(18-13)10(2)14/h4-8,10H,3,9,14H2,1-2H3. The summed E-state index contributed by atoms with van der Waals surface area (Å²) in [5.74, 6) is 0.469. The molecule has 1 aromatic carbocycles. The van der Waals surface area contributed by atoms with Gasteiger partial charge < -0.3 is 15.1 Å². The molecule has 5 nitrogen and oxygen atoms in total. The first-order valence-electron chi connectivity index (χ1n) is 6.08. The monoisotopic (exact) mass is 246 g/mol. The van der Waals surface area contributed by atoms with Crippen molar-refractivity contribution in [1.29, 1.82) is 0 Å². The number of anilines is 1. The second kappa shape index (κ2) is 5.64. The number of benzene rings is 1.